The number of hydrogen-bond acceptors (Lipinski definition) is 3. The van der Waals surface area contributed by atoms with Crippen LogP contribution in [0.4, 0.5) is 0 Å². The van der Waals surface area contributed by atoms with Crippen LogP contribution in [0.3, 0.4) is 0 Å². The number of halogens is 2. The Morgan fingerprint density at radius 1 is 1.31 bits per heavy atom. The summed E-state index contributed by atoms with van der Waals surface area (Å²) in [6.45, 7) is -0.251. The largest absolute Gasteiger partial charge is 0.390 e. The molecule has 2 unspecified atom stereocenters. The molecule has 0 bridgehead atoms. The molecule has 7 heteroatoms. The maximum Gasteiger partial charge on any atom is 0.108 e. The Kier molecular flexibility index (Phi) is 4.86. The summed E-state index contributed by atoms with van der Waals surface area (Å²) in [5.74, 6) is 0. The molecule has 86 valence electrons. The molecule has 0 aromatic heterocycles. The third-order valence-corrected chi connectivity index (χ3v) is 2.65. The fourth-order valence-electron chi connectivity index (χ4n) is 1.21. The lowest BCUT2D eigenvalue weighted by Gasteiger charge is -2.18. The van der Waals surface area contributed by atoms with E-state index in [-0.39, 0.29) is 22.2 Å². The van der Waals surface area contributed by atoms with Gasteiger partial charge in [0.25, 0.3) is 0 Å². The van der Waals surface area contributed by atoms with Crippen LogP contribution in [0, 0.1) is 0 Å². The number of rotatable bonds is 4. The van der Waals surface area contributed by atoms with E-state index in [4.69, 9.17) is 28.7 Å². The topological polar surface area (TPSA) is 89.2 Å². The van der Waals surface area contributed by atoms with E-state index in [1.807, 2.05) is 0 Å². The van der Waals surface area contributed by atoms with Gasteiger partial charge in [0.05, 0.1) is 12.6 Å². The van der Waals surface area contributed by atoms with Gasteiger partial charge in [-0.1, -0.05) is 34.4 Å². The summed E-state index contributed by atoms with van der Waals surface area (Å²) in [5.41, 5.74) is 8.32. The van der Waals surface area contributed by atoms with Crippen molar-refractivity contribution in [2.24, 2.45) is 5.11 Å². The Bertz CT molecular complexity index is 401. The summed E-state index contributed by atoms with van der Waals surface area (Å²) in [4.78, 5) is 2.48. The van der Waals surface area contributed by atoms with Crippen molar-refractivity contribution in [3.8, 4) is 0 Å². The molecule has 5 nitrogen and oxygen atoms in total. The highest BCUT2D eigenvalue weighted by atomic mass is 35.5. The molecule has 0 heterocycles. The lowest BCUT2D eigenvalue weighted by atomic mass is 10.0. The van der Waals surface area contributed by atoms with Crippen molar-refractivity contribution >= 4 is 23.2 Å². The molecular weight excluding hydrogens is 253 g/mol. The van der Waals surface area contributed by atoms with E-state index in [0.717, 1.165) is 0 Å². The molecule has 0 aliphatic rings. The summed E-state index contributed by atoms with van der Waals surface area (Å²) < 4.78 is 0. The molecule has 2 N–H and O–H groups in total. The van der Waals surface area contributed by atoms with Crippen molar-refractivity contribution in [3.05, 3.63) is 44.3 Å². The molecule has 0 aliphatic heterocycles. The number of hydrogen-bond donors (Lipinski definition) is 2. The second-order valence-electron chi connectivity index (χ2n) is 3.06. The normalized spacial score (nSPS) is 14.0. The van der Waals surface area contributed by atoms with Crippen LogP contribution in [0.5, 0.6) is 0 Å². The second kappa shape index (κ2) is 5.94. The van der Waals surface area contributed by atoms with Crippen molar-refractivity contribution in [1.82, 2.24) is 0 Å². The van der Waals surface area contributed by atoms with Gasteiger partial charge in [-0.05, 0) is 17.7 Å². The van der Waals surface area contributed by atoms with Gasteiger partial charge < -0.3 is 10.2 Å². The minimum atomic E-state index is -1.29. The molecule has 0 aliphatic carbocycles. The quantitative estimate of drug-likeness (QED) is 0.496. The number of nitrogens with zero attached hydrogens (tertiary/aromatic N) is 3. The zero-order chi connectivity index (χ0) is 12.1. The lowest BCUT2D eigenvalue weighted by Crippen LogP contribution is -2.21. The molecule has 2 atom stereocenters. The molecule has 0 saturated heterocycles. The Morgan fingerprint density at radius 2 is 1.88 bits per heavy atom. The molecule has 0 fully saturated rings. The zero-order valence-corrected chi connectivity index (χ0v) is 9.60. The fourth-order valence-corrected chi connectivity index (χ4v) is 1.83. The standard InChI is InChI=1S/C9H9Cl2N3O2/c10-5-2-1-3-6(11)8(5)9(16)7(15)4-13-14-12/h1-3,7,9,15-16H,4H2. The number of azide groups is 1. The van der Waals surface area contributed by atoms with E-state index < -0.39 is 12.2 Å². The van der Waals surface area contributed by atoms with Crippen LogP contribution in [0.1, 0.15) is 11.7 Å². The number of benzene rings is 1. The minimum Gasteiger partial charge on any atom is -0.390 e. The summed E-state index contributed by atoms with van der Waals surface area (Å²) in [5, 5.41) is 23.0. The van der Waals surface area contributed by atoms with E-state index in [2.05, 4.69) is 10.0 Å². The van der Waals surface area contributed by atoms with E-state index >= 15 is 0 Å². The van der Waals surface area contributed by atoms with Crippen molar-refractivity contribution in [1.29, 1.82) is 0 Å². The molecule has 0 saturated carbocycles. The second-order valence-corrected chi connectivity index (χ2v) is 3.88. The van der Waals surface area contributed by atoms with Gasteiger partial charge in [-0.15, -0.1) is 0 Å². The van der Waals surface area contributed by atoms with Gasteiger partial charge in [-0.2, -0.15) is 0 Å². The first-order valence-electron chi connectivity index (χ1n) is 4.38. The van der Waals surface area contributed by atoms with Gasteiger partial charge >= 0.3 is 0 Å². The van der Waals surface area contributed by atoms with Crippen LogP contribution in [0.15, 0.2) is 23.3 Å². The van der Waals surface area contributed by atoms with Crippen molar-refractivity contribution in [2.75, 3.05) is 6.54 Å². The molecule has 16 heavy (non-hydrogen) atoms. The van der Waals surface area contributed by atoms with Gasteiger partial charge in [-0.25, -0.2) is 0 Å². The molecule has 1 aromatic rings. The van der Waals surface area contributed by atoms with Crippen LogP contribution in [-0.2, 0) is 0 Å². The zero-order valence-electron chi connectivity index (χ0n) is 8.09. The first-order valence-corrected chi connectivity index (χ1v) is 5.14. The fraction of sp³-hybridized carbons (Fsp3) is 0.333. The van der Waals surface area contributed by atoms with Gasteiger partial charge in [0, 0.05) is 20.5 Å². The average Bonchev–Trinajstić information content (AvgIpc) is 2.25. The first kappa shape index (κ1) is 13.1. The monoisotopic (exact) mass is 261 g/mol. The van der Waals surface area contributed by atoms with E-state index in [1.54, 1.807) is 18.2 Å². The predicted octanol–water partition coefficient (Wildman–Crippen LogP) is 2.70. The number of aliphatic hydroxyl groups is 2. The van der Waals surface area contributed by atoms with E-state index in [9.17, 15) is 10.2 Å². The SMILES string of the molecule is [N-]=[N+]=NCC(O)C(O)c1c(Cl)cccc1Cl. The van der Waals surface area contributed by atoms with Crippen LogP contribution in [0.2, 0.25) is 10.0 Å². The maximum atomic E-state index is 9.78. The summed E-state index contributed by atoms with van der Waals surface area (Å²) >= 11 is 11.7. The number of aliphatic hydroxyl groups excluding tert-OH is 2. The summed E-state index contributed by atoms with van der Waals surface area (Å²) in [7, 11) is 0. The summed E-state index contributed by atoms with van der Waals surface area (Å²) in [6.07, 6.45) is -2.53. The predicted molar refractivity (Wildman–Crippen MR) is 61.4 cm³/mol. The molecular formula is C9H9Cl2N3O2. The molecule has 0 spiro atoms. The average molecular weight is 262 g/mol. The lowest BCUT2D eigenvalue weighted by molar-refractivity contribution is 0.0245. The Morgan fingerprint density at radius 3 is 2.38 bits per heavy atom. The summed E-state index contributed by atoms with van der Waals surface area (Å²) in [6, 6.07) is 4.72. The Hall–Kier alpha value is -0.970. The van der Waals surface area contributed by atoms with Gasteiger partial charge in [0.15, 0.2) is 0 Å². The molecule has 0 radical (unpaired) electrons. The van der Waals surface area contributed by atoms with Gasteiger partial charge in [0.2, 0.25) is 0 Å². The van der Waals surface area contributed by atoms with Crippen molar-refractivity contribution in [3.63, 3.8) is 0 Å². The van der Waals surface area contributed by atoms with Gasteiger partial charge in [-0.3, -0.25) is 0 Å². The highest BCUT2D eigenvalue weighted by molar-refractivity contribution is 6.36. The van der Waals surface area contributed by atoms with Crippen LogP contribution in [0.25, 0.3) is 10.4 Å². The highest BCUT2D eigenvalue weighted by Gasteiger charge is 2.22. The van der Waals surface area contributed by atoms with E-state index in [0.29, 0.717) is 0 Å². The van der Waals surface area contributed by atoms with Crippen LogP contribution < -0.4 is 0 Å². The first-order chi connectivity index (χ1) is 7.57. The van der Waals surface area contributed by atoms with Crippen LogP contribution in [-0.4, -0.2) is 22.9 Å². The molecule has 1 rings (SSSR count). The Balaban J connectivity index is 2.95. The van der Waals surface area contributed by atoms with Gasteiger partial charge in [0.1, 0.15) is 6.10 Å². The van der Waals surface area contributed by atoms with Crippen LogP contribution >= 0.6 is 23.2 Å². The molecule has 1 aromatic carbocycles. The minimum absolute atomic E-state index is 0.228. The highest BCUT2D eigenvalue weighted by Crippen LogP contribution is 2.31. The molecule has 0 amide bonds. The Labute approximate surface area is 102 Å². The maximum absolute atomic E-state index is 9.78. The van der Waals surface area contributed by atoms with Crippen molar-refractivity contribution in [2.45, 2.75) is 12.2 Å². The third kappa shape index (κ3) is 3.01. The smallest absolute Gasteiger partial charge is 0.108 e. The third-order valence-electron chi connectivity index (χ3n) is 1.99. The van der Waals surface area contributed by atoms with E-state index in [1.165, 1.54) is 0 Å². The van der Waals surface area contributed by atoms with Crippen molar-refractivity contribution < 1.29 is 10.2 Å².